The van der Waals surface area contributed by atoms with Gasteiger partial charge in [0.25, 0.3) is 0 Å². The fourth-order valence-corrected chi connectivity index (χ4v) is 3.51. The highest BCUT2D eigenvalue weighted by molar-refractivity contribution is 7.18. The van der Waals surface area contributed by atoms with Crippen molar-refractivity contribution >= 4 is 27.4 Å². The van der Waals surface area contributed by atoms with Crippen molar-refractivity contribution < 1.29 is 9.47 Å². The number of aryl methyl sites for hydroxylation is 2. The van der Waals surface area contributed by atoms with E-state index in [-0.39, 0.29) is 12.1 Å². The van der Waals surface area contributed by atoms with Crippen LogP contribution in [0.2, 0.25) is 0 Å². The standard InChI is InChI=1S/C14H19N3O2S/c1-4-19-11-6-18-5-10(11)17-13-12-8(2)9(3)20-14(12)16-7-15-13/h7,10-11H,4-6H2,1-3H3,(H,15,16,17)/t10-,11-/m0/s1. The number of thiophene rings is 1. The largest absolute Gasteiger partial charge is 0.376 e. The molecule has 2 aromatic rings. The average molecular weight is 293 g/mol. The second-order valence-corrected chi connectivity index (χ2v) is 6.17. The first-order valence-electron chi connectivity index (χ1n) is 6.87. The normalized spacial score (nSPS) is 22.6. The number of hydrogen-bond donors (Lipinski definition) is 1. The van der Waals surface area contributed by atoms with Crippen molar-refractivity contribution in [3.05, 3.63) is 16.8 Å². The van der Waals surface area contributed by atoms with E-state index >= 15 is 0 Å². The molecule has 0 radical (unpaired) electrons. The number of nitrogens with zero attached hydrogens (tertiary/aromatic N) is 2. The quantitative estimate of drug-likeness (QED) is 0.938. The van der Waals surface area contributed by atoms with Crippen LogP contribution in [-0.2, 0) is 9.47 Å². The molecule has 1 fully saturated rings. The SMILES string of the molecule is CCO[C@H]1COC[C@@H]1Nc1ncnc2sc(C)c(C)c12. The molecule has 0 saturated carbocycles. The second-order valence-electron chi connectivity index (χ2n) is 4.97. The fraction of sp³-hybridized carbons (Fsp3) is 0.571. The number of anilines is 1. The van der Waals surface area contributed by atoms with Crippen molar-refractivity contribution in [2.24, 2.45) is 0 Å². The van der Waals surface area contributed by atoms with Gasteiger partial charge in [0.05, 0.1) is 24.6 Å². The average Bonchev–Trinajstić information content (AvgIpc) is 2.97. The molecule has 108 valence electrons. The number of hydrogen-bond acceptors (Lipinski definition) is 6. The molecule has 0 aliphatic carbocycles. The second kappa shape index (κ2) is 5.63. The van der Waals surface area contributed by atoms with Crippen molar-refractivity contribution in [3.8, 4) is 0 Å². The first-order chi connectivity index (χ1) is 9.70. The lowest BCUT2D eigenvalue weighted by Gasteiger charge is -2.19. The van der Waals surface area contributed by atoms with Gasteiger partial charge in [0, 0.05) is 11.5 Å². The third kappa shape index (κ3) is 2.39. The van der Waals surface area contributed by atoms with Crippen molar-refractivity contribution in [2.75, 3.05) is 25.1 Å². The molecule has 2 atom stereocenters. The minimum absolute atomic E-state index is 0.0880. The predicted octanol–water partition coefficient (Wildman–Crippen LogP) is 2.52. The van der Waals surface area contributed by atoms with Gasteiger partial charge in [-0.3, -0.25) is 0 Å². The van der Waals surface area contributed by atoms with E-state index in [1.54, 1.807) is 17.7 Å². The summed E-state index contributed by atoms with van der Waals surface area (Å²) in [6.07, 6.45) is 1.70. The maximum absolute atomic E-state index is 5.71. The highest BCUT2D eigenvalue weighted by atomic mass is 32.1. The van der Waals surface area contributed by atoms with Gasteiger partial charge in [-0.15, -0.1) is 11.3 Å². The highest BCUT2D eigenvalue weighted by Crippen LogP contribution is 2.33. The van der Waals surface area contributed by atoms with Gasteiger partial charge >= 0.3 is 0 Å². The maximum Gasteiger partial charge on any atom is 0.138 e. The molecule has 0 unspecified atom stereocenters. The van der Waals surface area contributed by atoms with Crippen LogP contribution < -0.4 is 5.32 Å². The summed E-state index contributed by atoms with van der Waals surface area (Å²) in [6.45, 7) is 8.23. The number of fused-ring (bicyclic) bond motifs is 1. The van der Waals surface area contributed by atoms with E-state index in [0.29, 0.717) is 19.8 Å². The van der Waals surface area contributed by atoms with Crippen LogP contribution in [0.3, 0.4) is 0 Å². The topological polar surface area (TPSA) is 56.3 Å². The Bertz CT molecular complexity index is 614. The molecule has 0 bridgehead atoms. The van der Waals surface area contributed by atoms with Crippen LogP contribution in [-0.4, -0.2) is 41.9 Å². The van der Waals surface area contributed by atoms with E-state index in [2.05, 4.69) is 29.1 Å². The van der Waals surface area contributed by atoms with Crippen molar-refractivity contribution in [1.29, 1.82) is 0 Å². The van der Waals surface area contributed by atoms with Gasteiger partial charge in [-0.25, -0.2) is 9.97 Å². The van der Waals surface area contributed by atoms with Crippen LogP contribution in [0.1, 0.15) is 17.4 Å². The summed E-state index contributed by atoms with van der Waals surface area (Å²) < 4.78 is 11.2. The van der Waals surface area contributed by atoms with Crippen LogP contribution in [0.25, 0.3) is 10.2 Å². The molecule has 1 N–H and O–H groups in total. The summed E-state index contributed by atoms with van der Waals surface area (Å²) in [6, 6.07) is 0.146. The van der Waals surface area contributed by atoms with Gasteiger partial charge in [-0.05, 0) is 26.3 Å². The molecule has 1 aliphatic rings. The van der Waals surface area contributed by atoms with Crippen LogP contribution in [0.5, 0.6) is 0 Å². The molecule has 5 nitrogen and oxygen atoms in total. The first kappa shape index (κ1) is 13.7. The van der Waals surface area contributed by atoms with Crippen LogP contribution in [0.15, 0.2) is 6.33 Å². The maximum atomic E-state index is 5.71. The summed E-state index contributed by atoms with van der Waals surface area (Å²) >= 11 is 1.71. The number of nitrogens with one attached hydrogen (secondary N) is 1. The van der Waals surface area contributed by atoms with E-state index in [9.17, 15) is 0 Å². The molecule has 3 heterocycles. The Morgan fingerprint density at radius 3 is 3.05 bits per heavy atom. The Morgan fingerprint density at radius 2 is 2.25 bits per heavy atom. The minimum Gasteiger partial charge on any atom is -0.376 e. The van der Waals surface area contributed by atoms with Gasteiger partial charge in [0.1, 0.15) is 23.1 Å². The van der Waals surface area contributed by atoms with E-state index < -0.39 is 0 Å². The summed E-state index contributed by atoms with van der Waals surface area (Å²) in [7, 11) is 0. The van der Waals surface area contributed by atoms with E-state index in [0.717, 1.165) is 16.0 Å². The Hall–Kier alpha value is -1.24. The lowest BCUT2D eigenvalue weighted by molar-refractivity contribution is 0.0478. The van der Waals surface area contributed by atoms with Crippen LogP contribution in [0.4, 0.5) is 5.82 Å². The summed E-state index contributed by atoms with van der Waals surface area (Å²) in [5, 5.41) is 4.60. The van der Waals surface area contributed by atoms with Gasteiger partial charge in [0.15, 0.2) is 0 Å². The molecule has 0 spiro atoms. The van der Waals surface area contributed by atoms with Gasteiger partial charge < -0.3 is 14.8 Å². The van der Waals surface area contributed by atoms with E-state index in [1.807, 2.05) is 6.92 Å². The van der Waals surface area contributed by atoms with Crippen LogP contribution >= 0.6 is 11.3 Å². The number of rotatable bonds is 4. The zero-order valence-corrected chi connectivity index (χ0v) is 12.8. The zero-order valence-electron chi connectivity index (χ0n) is 12.0. The lowest BCUT2D eigenvalue weighted by atomic mass is 10.1. The van der Waals surface area contributed by atoms with Crippen LogP contribution in [0, 0.1) is 13.8 Å². The highest BCUT2D eigenvalue weighted by Gasteiger charge is 2.29. The van der Waals surface area contributed by atoms with Crippen molar-refractivity contribution in [1.82, 2.24) is 9.97 Å². The van der Waals surface area contributed by atoms with Gasteiger partial charge in [-0.2, -0.15) is 0 Å². The predicted molar refractivity (Wildman–Crippen MR) is 80.5 cm³/mol. The molecule has 1 aliphatic heterocycles. The van der Waals surface area contributed by atoms with Gasteiger partial charge in [-0.1, -0.05) is 0 Å². The Balaban J connectivity index is 1.91. The molecular weight excluding hydrogens is 274 g/mol. The third-order valence-corrected chi connectivity index (χ3v) is 4.81. The lowest BCUT2D eigenvalue weighted by Crippen LogP contribution is -2.34. The third-order valence-electron chi connectivity index (χ3n) is 3.70. The molecule has 6 heteroatoms. The van der Waals surface area contributed by atoms with Crippen molar-refractivity contribution in [2.45, 2.75) is 32.9 Å². The number of ether oxygens (including phenoxy) is 2. The minimum atomic E-state index is 0.0880. The first-order valence-corrected chi connectivity index (χ1v) is 7.69. The molecule has 20 heavy (non-hydrogen) atoms. The Morgan fingerprint density at radius 1 is 1.40 bits per heavy atom. The molecule has 1 saturated heterocycles. The Labute approximate surface area is 122 Å². The summed E-state index contributed by atoms with van der Waals surface area (Å²) in [5.41, 5.74) is 1.25. The molecule has 0 aromatic carbocycles. The Kier molecular flexibility index (Phi) is 3.87. The fourth-order valence-electron chi connectivity index (χ4n) is 2.52. The summed E-state index contributed by atoms with van der Waals surface area (Å²) in [4.78, 5) is 11.1. The molecule has 0 amide bonds. The van der Waals surface area contributed by atoms with E-state index in [1.165, 1.54) is 10.4 Å². The summed E-state index contributed by atoms with van der Waals surface area (Å²) in [5.74, 6) is 0.886. The van der Waals surface area contributed by atoms with Crippen molar-refractivity contribution in [3.63, 3.8) is 0 Å². The smallest absolute Gasteiger partial charge is 0.138 e. The number of aromatic nitrogens is 2. The zero-order chi connectivity index (χ0) is 14.1. The molecular formula is C14H19N3O2S. The molecule has 2 aromatic heterocycles. The molecule has 3 rings (SSSR count). The van der Waals surface area contributed by atoms with E-state index in [4.69, 9.17) is 9.47 Å². The van der Waals surface area contributed by atoms with Gasteiger partial charge in [0.2, 0.25) is 0 Å². The monoisotopic (exact) mass is 293 g/mol.